The second-order valence-corrected chi connectivity index (χ2v) is 6.66. The summed E-state index contributed by atoms with van der Waals surface area (Å²) in [7, 11) is 0. The Hall–Kier alpha value is -3.50. The first-order chi connectivity index (χ1) is 14.1. The van der Waals surface area contributed by atoms with Crippen LogP contribution in [-0.4, -0.2) is 49.0 Å². The summed E-state index contributed by atoms with van der Waals surface area (Å²) >= 11 is 0. The number of fused-ring (bicyclic) bond motifs is 1. The summed E-state index contributed by atoms with van der Waals surface area (Å²) < 4.78 is 39.5. The molecule has 1 aromatic carbocycles. The number of nitrogens with zero attached hydrogens (tertiary/aromatic N) is 5. The molecule has 158 valence electrons. The number of benzene rings is 1. The molecule has 11 heteroatoms. The number of aromatic nitrogens is 4. The number of nitrogens with one attached hydrogen (secondary N) is 1. The van der Waals surface area contributed by atoms with E-state index in [1.807, 2.05) is 6.92 Å². The van der Waals surface area contributed by atoms with Crippen molar-refractivity contribution in [3.8, 4) is 0 Å². The molecule has 0 saturated carbocycles. The topological polar surface area (TPSA) is 92.5 Å². The van der Waals surface area contributed by atoms with Gasteiger partial charge in [-0.3, -0.25) is 9.59 Å². The van der Waals surface area contributed by atoms with Gasteiger partial charge in [-0.2, -0.15) is 18.2 Å². The highest BCUT2D eigenvalue weighted by molar-refractivity contribution is 6.01. The predicted molar refractivity (Wildman–Crippen MR) is 102 cm³/mol. The predicted octanol–water partition coefficient (Wildman–Crippen LogP) is 2.90. The number of amides is 2. The van der Waals surface area contributed by atoms with Gasteiger partial charge in [-0.25, -0.2) is 9.50 Å². The van der Waals surface area contributed by atoms with Crippen LogP contribution in [0.15, 0.2) is 30.3 Å². The van der Waals surface area contributed by atoms with E-state index in [9.17, 15) is 22.8 Å². The van der Waals surface area contributed by atoms with Crippen LogP contribution in [0.3, 0.4) is 0 Å². The number of hydrogen-bond donors (Lipinski definition) is 1. The van der Waals surface area contributed by atoms with Crippen molar-refractivity contribution in [2.45, 2.75) is 33.5 Å². The van der Waals surface area contributed by atoms with E-state index in [1.54, 1.807) is 31.2 Å². The van der Waals surface area contributed by atoms with Crippen molar-refractivity contribution >= 4 is 23.3 Å². The minimum absolute atomic E-state index is 0.0935. The lowest BCUT2D eigenvalue weighted by molar-refractivity contribution is -0.185. The van der Waals surface area contributed by atoms with Crippen LogP contribution in [0.4, 0.5) is 18.9 Å². The Bertz CT molecular complexity index is 1110. The van der Waals surface area contributed by atoms with Gasteiger partial charge in [0.2, 0.25) is 5.82 Å². The van der Waals surface area contributed by atoms with Crippen molar-refractivity contribution in [1.29, 1.82) is 0 Å². The highest BCUT2D eigenvalue weighted by Crippen LogP contribution is 2.21. The number of anilines is 1. The fourth-order valence-corrected chi connectivity index (χ4v) is 2.92. The molecule has 30 heavy (non-hydrogen) atoms. The van der Waals surface area contributed by atoms with E-state index >= 15 is 0 Å². The Kier molecular flexibility index (Phi) is 5.72. The van der Waals surface area contributed by atoms with Gasteiger partial charge in [0.15, 0.2) is 0 Å². The number of carbonyl (C=O) groups is 2. The van der Waals surface area contributed by atoms with Gasteiger partial charge < -0.3 is 10.2 Å². The van der Waals surface area contributed by atoms with E-state index in [4.69, 9.17) is 0 Å². The van der Waals surface area contributed by atoms with E-state index in [0.29, 0.717) is 16.2 Å². The molecule has 0 spiro atoms. The van der Waals surface area contributed by atoms with Crippen molar-refractivity contribution in [3.05, 3.63) is 53.1 Å². The molecule has 0 aliphatic rings. The number of rotatable bonds is 5. The van der Waals surface area contributed by atoms with E-state index in [2.05, 4.69) is 20.4 Å². The Balaban J connectivity index is 1.77. The van der Waals surface area contributed by atoms with Crippen LogP contribution < -0.4 is 5.32 Å². The summed E-state index contributed by atoms with van der Waals surface area (Å²) in [5, 5.41) is 6.75. The molecule has 0 bridgehead atoms. The first kappa shape index (κ1) is 21.2. The Morgan fingerprint density at radius 2 is 1.90 bits per heavy atom. The van der Waals surface area contributed by atoms with Crippen LogP contribution in [0.5, 0.6) is 0 Å². The first-order valence-electron chi connectivity index (χ1n) is 9.06. The molecule has 0 aliphatic heterocycles. The van der Waals surface area contributed by atoms with Gasteiger partial charge in [0.05, 0.1) is 0 Å². The van der Waals surface area contributed by atoms with Crippen LogP contribution in [-0.2, 0) is 11.3 Å². The molecule has 2 amide bonds. The maximum atomic E-state index is 12.7. The maximum Gasteiger partial charge on any atom is 0.471 e. The van der Waals surface area contributed by atoms with Gasteiger partial charge in [0, 0.05) is 30.2 Å². The van der Waals surface area contributed by atoms with Crippen molar-refractivity contribution in [3.63, 3.8) is 0 Å². The third kappa shape index (κ3) is 4.56. The van der Waals surface area contributed by atoms with E-state index in [0.717, 1.165) is 11.4 Å². The van der Waals surface area contributed by atoms with Crippen LogP contribution in [0.2, 0.25) is 0 Å². The number of halogens is 3. The summed E-state index contributed by atoms with van der Waals surface area (Å²) in [6, 6.07) is 8.01. The molecule has 0 fully saturated rings. The van der Waals surface area contributed by atoms with Crippen molar-refractivity contribution in [2.24, 2.45) is 0 Å². The molecule has 8 nitrogen and oxygen atoms in total. The summed E-state index contributed by atoms with van der Waals surface area (Å²) in [4.78, 5) is 33.0. The minimum Gasteiger partial charge on any atom is -0.331 e. The van der Waals surface area contributed by atoms with Crippen molar-refractivity contribution < 1.29 is 22.8 Å². The van der Waals surface area contributed by atoms with Crippen LogP contribution in [0.25, 0.3) is 5.78 Å². The Morgan fingerprint density at radius 3 is 2.57 bits per heavy atom. The largest absolute Gasteiger partial charge is 0.471 e. The molecule has 0 aliphatic carbocycles. The van der Waals surface area contributed by atoms with E-state index in [-0.39, 0.29) is 24.7 Å². The molecular formula is C19H19F3N6O2. The van der Waals surface area contributed by atoms with Gasteiger partial charge in [-0.05, 0) is 44.5 Å². The molecule has 0 radical (unpaired) electrons. The molecule has 0 atom stereocenters. The zero-order chi connectivity index (χ0) is 22.1. The van der Waals surface area contributed by atoms with Gasteiger partial charge in [-0.15, -0.1) is 5.10 Å². The zero-order valence-corrected chi connectivity index (χ0v) is 16.5. The lowest BCUT2D eigenvalue weighted by atomic mass is 10.2. The first-order valence-corrected chi connectivity index (χ1v) is 9.06. The van der Waals surface area contributed by atoms with Gasteiger partial charge >= 0.3 is 12.1 Å². The number of aryl methyl sites for hydroxylation is 2. The second kappa shape index (κ2) is 8.09. The molecule has 3 aromatic rings. The minimum atomic E-state index is -4.94. The zero-order valence-electron chi connectivity index (χ0n) is 16.5. The van der Waals surface area contributed by atoms with E-state index < -0.39 is 18.0 Å². The van der Waals surface area contributed by atoms with Crippen molar-refractivity contribution in [2.75, 3.05) is 11.9 Å². The highest BCUT2D eigenvalue weighted by atomic mass is 19.4. The van der Waals surface area contributed by atoms with Gasteiger partial charge in [0.25, 0.3) is 11.7 Å². The fourth-order valence-electron chi connectivity index (χ4n) is 2.92. The van der Waals surface area contributed by atoms with Crippen LogP contribution >= 0.6 is 0 Å². The lowest BCUT2D eigenvalue weighted by Crippen LogP contribution is -2.40. The Labute approximate surface area is 169 Å². The van der Waals surface area contributed by atoms with Gasteiger partial charge in [0.1, 0.15) is 0 Å². The standard InChI is InChI=1S/C19H19F3N6O2/c1-4-27(17(30)19(20,21)22)10-13-6-5-7-14(9-13)24-16(29)15-25-18-23-11(2)8-12(3)28(18)26-15/h5-9H,4,10H2,1-3H3,(H,24,29). The smallest absolute Gasteiger partial charge is 0.331 e. The number of hydrogen-bond acceptors (Lipinski definition) is 5. The third-order valence-corrected chi connectivity index (χ3v) is 4.29. The summed E-state index contributed by atoms with van der Waals surface area (Å²) in [6.07, 6.45) is -4.94. The molecular weight excluding hydrogens is 401 g/mol. The van der Waals surface area contributed by atoms with Gasteiger partial charge in [-0.1, -0.05) is 12.1 Å². The average molecular weight is 420 g/mol. The van der Waals surface area contributed by atoms with Crippen LogP contribution in [0, 0.1) is 13.8 Å². The fraction of sp³-hybridized carbons (Fsp3) is 0.316. The molecule has 3 rings (SSSR count). The average Bonchev–Trinajstić information content (AvgIpc) is 3.09. The molecule has 2 heterocycles. The molecule has 1 N–H and O–H groups in total. The van der Waals surface area contributed by atoms with Crippen molar-refractivity contribution in [1.82, 2.24) is 24.5 Å². The summed E-state index contributed by atoms with van der Waals surface area (Å²) in [6.45, 7) is 4.72. The molecule has 0 saturated heterocycles. The molecule has 0 unspecified atom stereocenters. The lowest BCUT2D eigenvalue weighted by Gasteiger charge is -2.22. The monoisotopic (exact) mass is 420 g/mol. The molecule has 2 aromatic heterocycles. The summed E-state index contributed by atoms with van der Waals surface area (Å²) in [5.74, 6) is -2.31. The highest BCUT2D eigenvalue weighted by Gasteiger charge is 2.41. The van der Waals surface area contributed by atoms with Crippen LogP contribution in [0.1, 0.15) is 34.5 Å². The normalized spacial score (nSPS) is 11.5. The maximum absolute atomic E-state index is 12.7. The summed E-state index contributed by atoms with van der Waals surface area (Å²) in [5.41, 5.74) is 2.28. The second-order valence-electron chi connectivity index (χ2n) is 6.66. The SMILES string of the molecule is CCN(Cc1cccc(NC(=O)c2nc3nc(C)cc(C)n3n2)c1)C(=O)C(F)(F)F. The van der Waals surface area contributed by atoms with E-state index in [1.165, 1.54) is 17.5 Å². The number of alkyl halides is 3. The quantitative estimate of drug-likeness (QED) is 0.685. The number of carbonyl (C=O) groups excluding carboxylic acids is 2. The Morgan fingerprint density at radius 1 is 1.17 bits per heavy atom. The third-order valence-electron chi connectivity index (χ3n) is 4.29.